The largest absolute Gasteiger partial charge is 0.380 e. The third-order valence-electron chi connectivity index (χ3n) is 2.76. The zero-order valence-corrected chi connectivity index (χ0v) is 10.6. The number of anilines is 1. The van der Waals surface area contributed by atoms with E-state index in [1.807, 2.05) is 31.2 Å². The van der Waals surface area contributed by atoms with E-state index in [-0.39, 0.29) is 12.0 Å². The molecule has 0 aliphatic carbocycles. The average molecular weight is 236 g/mol. The van der Waals surface area contributed by atoms with Gasteiger partial charge in [0, 0.05) is 26.4 Å². The van der Waals surface area contributed by atoms with Crippen molar-refractivity contribution in [3.8, 4) is 0 Å². The zero-order chi connectivity index (χ0) is 12.8. The number of methoxy groups -OCH3 is 1. The summed E-state index contributed by atoms with van der Waals surface area (Å²) in [6.45, 7) is 2.35. The summed E-state index contributed by atoms with van der Waals surface area (Å²) in [4.78, 5) is 13.6. The third-order valence-corrected chi connectivity index (χ3v) is 2.76. The standard InChI is InChI=1S/C13H20N2O2/c1-10-5-4-6-11(7-10)15(2)13(16)8-12(9-14)17-3/h4-7,12H,8-9,14H2,1-3H3. The molecule has 1 aromatic rings. The molecule has 2 N–H and O–H groups in total. The van der Waals surface area contributed by atoms with Crippen LogP contribution in [0.3, 0.4) is 0 Å². The third kappa shape index (κ3) is 3.84. The van der Waals surface area contributed by atoms with Crippen LogP contribution in [0.5, 0.6) is 0 Å². The van der Waals surface area contributed by atoms with Gasteiger partial charge in [-0.05, 0) is 24.6 Å². The van der Waals surface area contributed by atoms with Gasteiger partial charge in [0.2, 0.25) is 5.91 Å². The van der Waals surface area contributed by atoms with Gasteiger partial charge in [-0.25, -0.2) is 0 Å². The molecule has 0 aromatic heterocycles. The van der Waals surface area contributed by atoms with E-state index in [1.54, 1.807) is 19.1 Å². The molecule has 0 bridgehead atoms. The zero-order valence-electron chi connectivity index (χ0n) is 10.6. The van der Waals surface area contributed by atoms with Gasteiger partial charge < -0.3 is 15.4 Å². The first kappa shape index (κ1) is 13.7. The Balaban J connectivity index is 2.69. The highest BCUT2D eigenvalue weighted by molar-refractivity contribution is 5.93. The second-order valence-electron chi connectivity index (χ2n) is 4.09. The number of carbonyl (C=O) groups excluding carboxylic acids is 1. The van der Waals surface area contributed by atoms with Crippen LogP contribution < -0.4 is 10.6 Å². The van der Waals surface area contributed by atoms with Crippen LogP contribution in [0.4, 0.5) is 5.69 Å². The highest BCUT2D eigenvalue weighted by Gasteiger charge is 2.16. The number of nitrogens with zero attached hydrogens (tertiary/aromatic N) is 1. The van der Waals surface area contributed by atoms with Crippen LogP contribution in [0.25, 0.3) is 0 Å². The maximum Gasteiger partial charge on any atom is 0.229 e. The van der Waals surface area contributed by atoms with Gasteiger partial charge in [0.05, 0.1) is 12.5 Å². The molecule has 0 heterocycles. The Morgan fingerprint density at radius 3 is 2.76 bits per heavy atom. The molecule has 17 heavy (non-hydrogen) atoms. The van der Waals surface area contributed by atoms with Crippen molar-refractivity contribution in [2.45, 2.75) is 19.4 Å². The second-order valence-corrected chi connectivity index (χ2v) is 4.09. The molecule has 0 fully saturated rings. The topological polar surface area (TPSA) is 55.6 Å². The summed E-state index contributed by atoms with van der Waals surface area (Å²) in [6.07, 6.45) is 0.0898. The molecule has 0 spiro atoms. The van der Waals surface area contributed by atoms with E-state index in [1.165, 1.54) is 0 Å². The number of hydrogen-bond donors (Lipinski definition) is 1. The molecule has 1 aromatic carbocycles. The lowest BCUT2D eigenvalue weighted by atomic mass is 10.2. The van der Waals surface area contributed by atoms with Gasteiger partial charge in [-0.3, -0.25) is 4.79 Å². The van der Waals surface area contributed by atoms with Gasteiger partial charge >= 0.3 is 0 Å². The molecule has 1 atom stereocenters. The summed E-state index contributed by atoms with van der Waals surface area (Å²) < 4.78 is 5.11. The molecule has 0 saturated heterocycles. The minimum absolute atomic E-state index is 0.00731. The molecule has 94 valence electrons. The van der Waals surface area contributed by atoms with Crippen LogP contribution in [-0.2, 0) is 9.53 Å². The predicted molar refractivity (Wildman–Crippen MR) is 69.1 cm³/mol. The Labute approximate surface area is 102 Å². The maximum atomic E-state index is 12.0. The van der Waals surface area contributed by atoms with Crippen LogP contribution >= 0.6 is 0 Å². The second kappa shape index (κ2) is 6.37. The number of rotatable bonds is 5. The number of aryl methyl sites for hydroxylation is 1. The average Bonchev–Trinajstić information content (AvgIpc) is 2.34. The van der Waals surface area contributed by atoms with Crippen LogP contribution in [-0.4, -0.2) is 32.7 Å². The van der Waals surface area contributed by atoms with E-state index in [0.717, 1.165) is 11.3 Å². The smallest absolute Gasteiger partial charge is 0.229 e. The van der Waals surface area contributed by atoms with Gasteiger partial charge in [0.25, 0.3) is 0 Å². The van der Waals surface area contributed by atoms with Crippen molar-refractivity contribution in [1.29, 1.82) is 0 Å². The summed E-state index contributed by atoms with van der Waals surface area (Å²) in [5.74, 6) is 0.00731. The van der Waals surface area contributed by atoms with Crippen LogP contribution in [0.2, 0.25) is 0 Å². The number of benzene rings is 1. The number of nitrogens with two attached hydrogens (primary N) is 1. The summed E-state index contributed by atoms with van der Waals surface area (Å²) >= 11 is 0. The van der Waals surface area contributed by atoms with E-state index >= 15 is 0 Å². The first-order valence-corrected chi connectivity index (χ1v) is 5.64. The minimum Gasteiger partial charge on any atom is -0.380 e. The van der Waals surface area contributed by atoms with Gasteiger partial charge in [-0.2, -0.15) is 0 Å². The monoisotopic (exact) mass is 236 g/mol. The molecule has 1 rings (SSSR count). The minimum atomic E-state index is -0.213. The van der Waals surface area contributed by atoms with Crippen molar-refractivity contribution in [1.82, 2.24) is 0 Å². The SMILES string of the molecule is COC(CN)CC(=O)N(C)c1cccc(C)c1. The fraction of sp³-hybridized carbons (Fsp3) is 0.462. The van der Waals surface area contributed by atoms with Crippen LogP contribution in [0.1, 0.15) is 12.0 Å². The fourth-order valence-corrected chi connectivity index (χ4v) is 1.58. The molecular formula is C13H20N2O2. The molecule has 0 radical (unpaired) electrons. The molecule has 4 heteroatoms. The van der Waals surface area contributed by atoms with Crippen LogP contribution in [0, 0.1) is 6.92 Å². The summed E-state index contributed by atoms with van der Waals surface area (Å²) in [7, 11) is 3.33. The van der Waals surface area contributed by atoms with Crippen LogP contribution in [0.15, 0.2) is 24.3 Å². The first-order valence-electron chi connectivity index (χ1n) is 5.64. The molecule has 1 unspecified atom stereocenters. The van der Waals surface area contributed by atoms with E-state index in [4.69, 9.17) is 10.5 Å². The van der Waals surface area contributed by atoms with Crippen molar-refractivity contribution < 1.29 is 9.53 Å². The molecule has 0 saturated carbocycles. The van der Waals surface area contributed by atoms with Gasteiger partial charge in [0.15, 0.2) is 0 Å². The van der Waals surface area contributed by atoms with Gasteiger partial charge in [-0.1, -0.05) is 12.1 Å². The quantitative estimate of drug-likeness (QED) is 0.839. The van der Waals surface area contributed by atoms with Crippen molar-refractivity contribution in [3.63, 3.8) is 0 Å². The Morgan fingerprint density at radius 1 is 1.53 bits per heavy atom. The van der Waals surface area contributed by atoms with E-state index < -0.39 is 0 Å². The maximum absolute atomic E-state index is 12.0. The number of ether oxygens (including phenoxy) is 1. The molecule has 1 amide bonds. The van der Waals surface area contributed by atoms with Crippen molar-refractivity contribution >= 4 is 11.6 Å². The van der Waals surface area contributed by atoms with Crippen molar-refractivity contribution in [2.75, 3.05) is 25.6 Å². The normalized spacial score (nSPS) is 12.2. The van der Waals surface area contributed by atoms with E-state index in [0.29, 0.717) is 13.0 Å². The highest BCUT2D eigenvalue weighted by Crippen LogP contribution is 2.15. The highest BCUT2D eigenvalue weighted by atomic mass is 16.5. The lowest BCUT2D eigenvalue weighted by Gasteiger charge is -2.20. The predicted octanol–water partition coefficient (Wildman–Crippen LogP) is 1.32. The molecule has 4 nitrogen and oxygen atoms in total. The number of carbonyl (C=O) groups is 1. The lowest BCUT2D eigenvalue weighted by Crippen LogP contribution is -2.33. The summed E-state index contributed by atoms with van der Waals surface area (Å²) in [5.41, 5.74) is 7.52. The van der Waals surface area contributed by atoms with E-state index in [9.17, 15) is 4.79 Å². The number of amides is 1. The molecule has 0 aliphatic rings. The van der Waals surface area contributed by atoms with Crippen molar-refractivity contribution in [2.24, 2.45) is 5.73 Å². The van der Waals surface area contributed by atoms with E-state index in [2.05, 4.69) is 0 Å². The first-order chi connectivity index (χ1) is 8.08. The lowest BCUT2D eigenvalue weighted by molar-refractivity contribution is -0.120. The van der Waals surface area contributed by atoms with Gasteiger partial charge in [-0.15, -0.1) is 0 Å². The molecule has 0 aliphatic heterocycles. The number of hydrogen-bond acceptors (Lipinski definition) is 3. The van der Waals surface area contributed by atoms with Gasteiger partial charge in [0.1, 0.15) is 0 Å². The summed E-state index contributed by atoms with van der Waals surface area (Å²) in [6, 6.07) is 7.82. The Bertz CT molecular complexity index is 375. The summed E-state index contributed by atoms with van der Waals surface area (Å²) in [5, 5.41) is 0. The Hall–Kier alpha value is -1.39. The molecular weight excluding hydrogens is 216 g/mol. The fourth-order valence-electron chi connectivity index (χ4n) is 1.58. The Kier molecular flexibility index (Phi) is 5.12. The van der Waals surface area contributed by atoms with Crippen molar-refractivity contribution in [3.05, 3.63) is 29.8 Å². The Morgan fingerprint density at radius 2 is 2.24 bits per heavy atom.